The van der Waals surface area contributed by atoms with E-state index in [0.717, 1.165) is 0 Å². The number of anilines is 1. The average molecular weight is 286 g/mol. The molecule has 0 saturated carbocycles. The number of halogens is 1. The Morgan fingerprint density at radius 3 is 2.89 bits per heavy atom. The Hall–Kier alpha value is -1.86. The summed E-state index contributed by atoms with van der Waals surface area (Å²) < 4.78 is 0. The molecule has 0 radical (unpaired) electrons. The number of nitro benzene ring substituents is 1. The van der Waals surface area contributed by atoms with Gasteiger partial charge in [0.1, 0.15) is 5.02 Å². The van der Waals surface area contributed by atoms with Crippen molar-refractivity contribution in [2.45, 2.75) is 12.5 Å². The van der Waals surface area contributed by atoms with E-state index in [4.69, 9.17) is 11.6 Å². The number of likely N-dealkylation sites (tertiary alicyclic amines) is 1. The minimum absolute atomic E-state index is 0.0135. The maximum absolute atomic E-state index is 11.8. The molecule has 102 valence electrons. The summed E-state index contributed by atoms with van der Waals surface area (Å²) in [5.41, 5.74) is 0.0309. The van der Waals surface area contributed by atoms with E-state index in [1.54, 1.807) is 0 Å². The molecule has 7 nitrogen and oxygen atoms in total. The van der Waals surface area contributed by atoms with Crippen molar-refractivity contribution in [1.82, 2.24) is 4.90 Å². The standard InChI is InChI=1S/C11H12ClN3O4/c12-9-2-1-7(5-10(9)15(18)19)13-11(17)14-4-3-8(16)6-14/h1-2,5,8,16H,3-4,6H2,(H,13,17)/t8-/m1/s1. The molecule has 1 aromatic carbocycles. The van der Waals surface area contributed by atoms with Crippen molar-refractivity contribution < 1.29 is 14.8 Å². The van der Waals surface area contributed by atoms with E-state index in [1.165, 1.54) is 23.1 Å². The molecule has 8 heteroatoms. The summed E-state index contributed by atoms with van der Waals surface area (Å²) in [5.74, 6) is 0. The first-order valence-corrected chi connectivity index (χ1v) is 6.03. The lowest BCUT2D eigenvalue weighted by Gasteiger charge is -2.16. The van der Waals surface area contributed by atoms with Gasteiger partial charge in [-0.15, -0.1) is 0 Å². The van der Waals surface area contributed by atoms with Gasteiger partial charge in [-0.05, 0) is 18.6 Å². The highest BCUT2D eigenvalue weighted by molar-refractivity contribution is 6.32. The molecule has 1 aliphatic heterocycles. The number of urea groups is 1. The van der Waals surface area contributed by atoms with Crippen molar-refractivity contribution in [2.75, 3.05) is 18.4 Å². The summed E-state index contributed by atoms with van der Waals surface area (Å²) in [6.07, 6.45) is 0.0269. The zero-order valence-electron chi connectivity index (χ0n) is 9.88. The quantitative estimate of drug-likeness (QED) is 0.640. The van der Waals surface area contributed by atoms with Gasteiger partial charge in [-0.25, -0.2) is 4.79 Å². The Morgan fingerprint density at radius 2 is 2.32 bits per heavy atom. The molecule has 1 heterocycles. The first-order chi connectivity index (χ1) is 8.97. The summed E-state index contributed by atoms with van der Waals surface area (Å²) >= 11 is 5.68. The van der Waals surface area contributed by atoms with E-state index in [9.17, 15) is 20.0 Å². The molecule has 0 unspecified atom stereocenters. The summed E-state index contributed by atoms with van der Waals surface area (Å²) in [6.45, 7) is 0.726. The monoisotopic (exact) mass is 285 g/mol. The highest BCUT2D eigenvalue weighted by Gasteiger charge is 2.25. The minimum Gasteiger partial charge on any atom is -0.391 e. The maximum Gasteiger partial charge on any atom is 0.321 e. The first-order valence-electron chi connectivity index (χ1n) is 5.65. The topological polar surface area (TPSA) is 95.7 Å². The molecule has 1 aliphatic rings. The van der Waals surface area contributed by atoms with Crippen LogP contribution in [0.15, 0.2) is 18.2 Å². The van der Waals surface area contributed by atoms with Crippen LogP contribution in [0.5, 0.6) is 0 Å². The molecule has 1 fully saturated rings. The van der Waals surface area contributed by atoms with E-state index in [0.29, 0.717) is 18.7 Å². The lowest BCUT2D eigenvalue weighted by atomic mass is 10.3. The van der Waals surface area contributed by atoms with Crippen LogP contribution in [0.2, 0.25) is 5.02 Å². The molecule has 1 aromatic rings. The third-order valence-electron chi connectivity index (χ3n) is 2.84. The number of carbonyl (C=O) groups is 1. The lowest BCUT2D eigenvalue weighted by molar-refractivity contribution is -0.384. The van der Waals surface area contributed by atoms with Gasteiger partial charge in [-0.3, -0.25) is 10.1 Å². The number of carbonyl (C=O) groups excluding carboxylic acids is 1. The fourth-order valence-corrected chi connectivity index (χ4v) is 2.05. The van der Waals surface area contributed by atoms with E-state index in [2.05, 4.69) is 5.32 Å². The van der Waals surface area contributed by atoms with Crippen molar-refractivity contribution in [1.29, 1.82) is 0 Å². The van der Waals surface area contributed by atoms with E-state index < -0.39 is 17.1 Å². The van der Waals surface area contributed by atoms with E-state index >= 15 is 0 Å². The van der Waals surface area contributed by atoms with Crippen LogP contribution in [-0.4, -0.2) is 40.2 Å². The molecule has 19 heavy (non-hydrogen) atoms. The van der Waals surface area contributed by atoms with Crippen LogP contribution >= 0.6 is 11.6 Å². The lowest BCUT2D eigenvalue weighted by Crippen LogP contribution is -2.33. The zero-order chi connectivity index (χ0) is 14.0. The summed E-state index contributed by atoms with van der Waals surface area (Å²) in [4.78, 5) is 23.4. The largest absolute Gasteiger partial charge is 0.391 e. The van der Waals surface area contributed by atoms with Gasteiger partial charge in [0.15, 0.2) is 0 Å². The van der Waals surface area contributed by atoms with Crippen molar-refractivity contribution in [3.05, 3.63) is 33.3 Å². The van der Waals surface area contributed by atoms with Crippen LogP contribution in [0.1, 0.15) is 6.42 Å². The number of benzene rings is 1. The third-order valence-corrected chi connectivity index (χ3v) is 3.16. The Bertz CT molecular complexity index is 523. The minimum atomic E-state index is -0.613. The Kier molecular flexibility index (Phi) is 3.87. The predicted molar refractivity (Wildman–Crippen MR) is 69.3 cm³/mol. The van der Waals surface area contributed by atoms with Crippen LogP contribution < -0.4 is 5.32 Å². The van der Waals surface area contributed by atoms with Gasteiger partial charge in [0.05, 0.1) is 11.0 Å². The number of rotatable bonds is 2. The van der Waals surface area contributed by atoms with Crippen LogP contribution in [0.3, 0.4) is 0 Å². The number of hydrogen-bond acceptors (Lipinski definition) is 4. The van der Waals surface area contributed by atoms with Gasteiger partial charge < -0.3 is 15.3 Å². The van der Waals surface area contributed by atoms with Crippen molar-refractivity contribution in [2.24, 2.45) is 0 Å². The Labute approximate surface area is 113 Å². The average Bonchev–Trinajstić information content (AvgIpc) is 2.78. The van der Waals surface area contributed by atoms with Gasteiger partial charge in [0.2, 0.25) is 0 Å². The summed E-state index contributed by atoms with van der Waals surface area (Å²) in [6, 6.07) is 3.65. The van der Waals surface area contributed by atoms with Gasteiger partial charge in [-0.1, -0.05) is 11.6 Å². The fraction of sp³-hybridized carbons (Fsp3) is 0.364. The van der Waals surface area contributed by atoms with Gasteiger partial charge in [-0.2, -0.15) is 0 Å². The molecule has 2 amide bonds. The van der Waals surface area contributed by atoms with Crippen LogP contribution in [0.4, 0.5) is 16.2 Å². The van der Waals surface area contributed by atoms with Crippen LogP contribution in [0, 0.1) is 10.1 Å². The number of aliphatic hydroxyl groups is 1. The van der Waals surface area contributed by atoms with Gasteiger partial charge >= 0.3 is 6.03 Å². The molecular formula is C11H12ClN3O4. The van der Waals surface area contributed by atoms with Crippen molar-refractivity contribution in [3.8, 4) is 0 Å². The number of β-amino-alcohol motifs (C(OH)–C–C–N with tert-alkyl or cyclic N) is 1. The maximum atomic E-state index is 11.8. The van der Waals surface area contributed by atoms with Gasteiger partial charge in [0, 0.05) is 24.8 Å². The molecule has 1 atom stereocenters. The molecule has 0 bridgehead atoms. The highest BCUT2D eigenvalue weighted by Crippen LogP contribution is 2.27. The molecule has 0 aliphatic carbocycles. The second-order valence-corrected chi connectivity index (χ2v) is 4.65. The number of amides is 2. The van der Waals surface area contributed by atoms with Crippen molar-refractivity contribution in [3.63, 3.8) is 0 Å². The fourth-order valence-electron chi connectivity index (χ4n) is 1.86. The molecular weight excluding hydrogens is 274 g/mol. The highest BCUT2D eigenvalue weighted by atomic mass is 35.5. The molecule has 2 N–H and O–H groups in total. The van der Waals surface area contributed by atoms with E-state index in [-0.39, 0.29) is 17.3 Å². The summed E-state index contributed by atoms with van der Waals surface area (Å²) in [7, 11) is 0. The molecule has 0 aromatic heterocycles. The molecule has 1 saturated heterocycles. The third kappa shape index (κ3) is 3.12. The number of nitrogens with one attached hydrogen (secondary N) is 1. The zero-order valence-corrected chi connectivity index (χ0v) is 10.6. The van der Waals surface area contributed by atoms with Crippen molar-refractivity contribution >= 4 is 29.0 Å². The number of aliphatic hydroxyl groups excluding tert-OH is 1. The van der Waals surface area contributed by atoms with Crippen LogP contribution in [-0.2, 0) is 0 Å². The Balaban J connectivity index is 2.09. The Morgan fingerprint density at radius 1 is 1.58 bits per heavy atom. The predicted octanol–water partition coefficient (Wildman–Crippen LogP) is 1.85. The summed E-state index contributed by atoms with van der Waals surface area (Å²) in [5, 5.41) is 22.6. The van der Waals surface area contributed by atoms with E-state index in [1.807, 2.05) is 0 Å². The van der Waals surface area contributed by atoms with Gasteiger partial charge in [0.25, 0.3) is 5.69 Å². The first kappa shape index (κ1) is 13.6. The number of hydrogen-bond donors (Lipinski definition) is 2. The van der Waals surface area contributed by atoms with Crippen LogP contribution in [0.25, 0.3) is 0 Å². The smallest absolute Gasteiger partial charge is 0.321 e. The number of nitrogens with zero attached hydrogens (tertiary/aromatic N) is 2. The molecule has 0 spiro atoms. The second kappa shape index (κ2) is 5.41. The number of nitro groups is 1. The second-order valence-electron chi connectivity index (χ2n) is 4.24. The SMILES string of the molecule is O=C(Nc1ccc(Cl)c([N+](=O)[O-])c1)N1CC[C@@H](O)C1. The molecule has 2 rings (SSSR count). The normalized spacial score (nSPS) is 18.4.